The van der Waals surface area contributed by atoms with E-state index >= 15 is 0 Å². The summed E-state index contributed by atoms with van der Waals surface area (Å²) in [6, 6.07) is 9.64. The first-order valence-electron chi connectivity index (χ1n) is 7.34. The normalized spacial score (nSPS) is 10.9. The number of nitriles is 1. The molecule has 0 saturated carbocycles. The van der Waals surface area contributed by atoms with E-state index in [4.69, 9.17) is 22.6 Å². The van der Waals surface area contributed by atoms with Gasteiger partial charge in [-0.25, -0.2) is 9.97 Å². The number of aromatic nitrogens is 4. The van der Waals surface area contributed by atoms with Crippen molar-refractivity contribution in [3.8, 4) is 23.0 Å². The molecule has 0 unspecified atom stereocenters. The Bertz CT molecular complexity index is 1140. The van der Waals surface area contributed by atoms with Gasteiger partial charge >= 0.3 is 0 Å². The molecule has 4 aromatic rings. The Morgan fingerprint density at radius 3 is 2.68 bits per heavy atom. The standard InChI is InChI=1S/C17H11ClN6S/c1-9-13(10-2-4-12(18)5-3-10)14-16(21-8-22-17(14)25-9)24-15(20)11(6-19)7-23-24/h2-5,7-8H,20H2,1H3. The number of fused-ring (bicyclic) bond motifs is 1. The smallest absolute Gasteiger partial charge is 0.168 e. The molecular formula is C17H11ClN6S. The zero-order valence-corrected chi connectivity index (χ0v) is 14.6. The van der Waals surface area contributed by atoms with E-state index in [1.165, 1.54) is 17.2 Å². The SMILES string of the molecule is Cc1sc2ncnc(-n3ncc(C#N)c3N)c2c1-c1ccc(Cl)cc1. The molecule has 8 heteroatoms. The third kappa shape index (κ3) is 2.43. The van der Waals surface area contributed by atoms with Gasteiger partial charge in [0.2, 0.25) is 0 Å². The molecule has 6 nitrogen and oxygen atoms in total. The summed E-state index contributed by atoms with van der Waals surface area (Å²) in [5.74, 6) is 0.812. The van der Waals surface area contributed by atoms with E-state index in [2.05, 4.69) is 15.1 Å². The highest BCUT2D eigenvalue weighted by atomic mass is 35.5. The molecule has 25 heavy (non-hydrogen) atoms. The van der Waals surface area contributed by atoms with Gasteiger partial charge in [-0.1, -0.05) is 23.7 Å². The molecule has 4 rings (SSSR count). The van der Waals surface area contributed by atoms with Crippen molar-refractivity contribution < 1.29 is 0 Å². The monoisotopic (exact) mass is 366 g/mol. The number of nitrogen functional groups attached to an aromatic ring is 1. The van der Waals surface area contributed by atoms with Crippen molar-refractivity contribution >= 4 is 39.0 Å². The highest BCUT2D eigenvalue weighted by molar-refractivity contribution is 7.19. The Hall–Kier alpha value is -2.95. The first-order chi connectivity index (χ1) is 12.1. The second-order valence-electron chi connectivity index (χ2n) is 5.38. The summed E-state index contributed by atoms with van der Waals surface area (Å²) >= 11 is 7.59. The molecule has 0 atom stereocenters. The Balaban J connectivity index is 2.05. The topological polar surface area (TPSA) is 93.4 Å². The molecule has 0 bridgehead atoms. The minimum absolute atomic E-state index is 0.258. The number of aryl methyl sites for hydroxylation is 1. The molecule has 0 fully saturated rings. The number of hydrogen-bond acceptors (Lipinski definition) is 6. The number of halogens is 1. The van der Waals surface area contributed by atoms with E-state index in [9.17, 15) is 0 Å². The maximum atomic E-state index is 9.13. The van der Waals surface area contributed by atoms with Crippen LogP contribution in [0.1, 0.15) is 10.4 Å². The average molecular weight is 367 g/mol. The molecule has 3 heterocycles. The van der Waals surface area contributed by atoms with Crippen LogP contribution in [0.4, 0.5) is 5.82 Å². The molecular weight excluding hydrogens is 356 g/mol. The van der Waals surface area contributed by atoms with Crippen LogP contribution in [-0.4, -0.2) is 19.7 Å². The van der Waals surface area contributed by atoms with Gasteiger partial charge in [-0.3, -0.25) is 0 Å². The first kappa shape index (κ1) is 15.6. The fourth-order valence-corrected chi connectivity index (χ4v) is 3.90. The molecule has 0 spiro atoms. The van der Waals surface area contributed by atoms with E-state index in [0.29, 0.717) is 16.4 Å². The minimum Gasteiger partial charge on any atom is -0.382 e. The van der Waals surface area contributed by atoms with Crippen LogP contribution in [-0.2, 0) is 0 Å². The average Bonchev–Trinajstić information content (AvgIpc) is 3.14. The van der Waals surface area contributed by atoms with Gasteiger partial charge in [0.1, 0.15) is 28.6 Å². The van der Waals surface area contributed by atoms with Crippen LogP contribution in [0.2, 0.25) is 5.02 Å². The number of benzene rings is 1. The third-order valence-electron chi connectivity index (χ3n) is 3.90. The summed E-state index contributed by atoms with van der Waals surface area (Å²) in [5, 5.41) is 14.9. The highest BCUT2D eigenvalue weighted by Crippen LogP contribution is 2.40. The van der Waals surface area contributed by atoms with Crippen LogP contribution in [0.15, 0.2) is 36.8 Å². The molecule has 2 N–H and O–H groups in total. The summed E-state index contributed by atoms with van der Waals surface area (Å²) in [5.41, 5.74) is 8.39. The first-order valence-corrected chi connectivity index (χ1v) is 8.53. The summed E-state index contributed by atoms with van der Waals surface area (Å²) in [7, 11) is 0. The third-order valence-corrected chi connectivity index (χ3v) is 5.17. The van der Waals surface area contributed by atoms with Gasteiger partial charge in [-0.2, -0.15) is 15.0 Å². The van der Waals surface area contributed by atoms with Crippen molar-refractivity contribution in [1.82, 2.24) is 19.7 Å². The molecule has 0 saturated heterocycles. The molecule has 1 aromatic carbocycles. The molecule has 0 aliphatic heterocycles. The molecule has 0 amide bonds. The summed E-state index contributed by atoms with van der Waals surface area (Å²) in [6.45, 7) is 2.03. The van der Waals surface area contributed by atoms with Crippen LogP contribution in [0.3, 0.4) is 0 Å². The maximum absolute atomic E-state index is 9.13. The molecule has 0 aliphatic carbocycles. The van der Waals surface area contributed by atoms with Crippen molar-refractivity contribution in [3.63, 3.8) is 0 Å². The van der Waals surface area contributed by atoms with E-state index in [0.717, 1.165) is 26.2 Å². The zero-order valence-electron chi connectivity index (χ0n) is 13.1. The van der Waals surface area contributed by atoms with Gasteiger partial charge in [0, 0.05) is 15.5 Å². The Morgan fingerprint density at radius 1 is 1.24 bits per heavy atom. The lowest BCUT2D eigenvalue weighted by atomic mass is 10.0. The quantitative estimate of drug-likeness (QED) is 0.579. The number of anilines is 1. The number of nitrogens with zero attached hydrogens (tertiary/aromatic N) is 5. The Labute approximate surface area is 152 Å². The van der Waals surface area contributed by atoms with Crippen molar-refractivity contribution in [3.05, 3.63) is 52.3 Å². The second kappa shape index (κ2) is 5.84. The van der Waals surface area contributed by atoms with E-state index in [1.54, 1.807) is 11.3 Å². The fourth-order valence-electron chi connectivity index (χ4n) is 2.77. The van der Waals surface area contributed by atoms with Crippen LogP contribution < -0.4 is 5.73 Å². The van der Waals surface area contributed by atoms with E-state index in [-0.39, 0.29) is 5.82 Å². The highest BCUT2D eigenvalue weighted by Gasteiger charge is 2.20. The Kier molecular flexibility index (Phi) is 3.64. The molecule has 3 aromatic heterocycles. The molecule has 0 radical (unpaired) electrons. The number of nitrogens with two attached hydrogens (primary N) is 1. The number of hydrogen-bond donors (Lipinski definition) is 1. The number of thiophene rings is 1. The van der Waals surface area contributed by atoms with Crippen molar-refractivity contribution in [2.75, 3.05) is 5.73 Å². The van der Waals surface area contributed by atoms with Crippen LogP contribution in [0.25, 0.3) is 27.2 Å². The predicted molar refractivity (Wildman–Crippen MR) is 98.8 cm³/mol. The largest absolute Gasteiger partial charge is 0.382 e. The van der Waals surface area contributed by atoms with Gasteiger partial charge in [0.15, 0.2) is 5.82 Å². The fraction of sp³-hybridized carbons (Fsp3) is 0.0588. The van der Waals surface area contributed by atoms with Crippen LogP contribution in [0, 0.1) is 18.3 Å². The van der Waals surface area contributed by atoms with Crippen molar-refractivity contribution in [2.24, 2.45) is 0 Å². The van der Waals surface area contributed by atoms with Crippen molar-refractivity contribution in [2.45, 2.75) is 6.92 Å². The molecule has 0 aliphatic rings. The summed E-state index contributed by atoms with van der Waals surface area (Å²) in [4.78, 5) is 10.7. The lowest BCUT2D eigenvalue weighted by Gasteiger charge is -2.08. The van der Waals surface area contributed by atoms with Gasteiger partial charge in [0.05, 0.1) is 11.6 Å². The minimum atomic E-state index is 0.258. The molecule has 122 valence electrons. The number of rotatable bonds is 2. The second-order valence-corrected chi connectivity index (χ2v) is 7.02. The lowest BCUT2D eigenvalue weighted by Crippen LogP contribution is -2.05. The van der Waals surface area contributed by atoms with E-state index < -0.39 is 0 Å². The van der Waals surface area contributed by atoms with Gasteiger partial charge in [-0.05, 0) is 24.6 Å². The zero-order chi connectivity index (χ0) is 17.6. The van der Waals surface area contributed by atoms with Crippen LogP contribution >= 0.6 is 22.9 Å². The van der Waals surface area contributed by atoms with E-state index in [1.807, 2.05) is 37.3 Å². The summed E-state index contributed by atoms with van der Waals surface area (Å²) < 4.78 is 1.48. The van der Waals surface area contributed by atoms with Gasteiger partial charge in [-0.15, -0.1) is 11.3 Å². The summed E-state index contributed by atoms with van der Waals surface area (Å²) in [6.07, 6.45) is 2.91. The predicted octanol–water partition coefficient (Wildman–Crippen LogP) is 3.96. The van der Waals surface area contributed by atoms with Crippen molar-refractivity contribution in [1.29, 1.82) is 5.26 Å². The van der Waals surface area contributed by atoms with Crippen LogP contribution in [0.5, 0.6) is 0 Å². The van der Waals surface area contributed by atoms with Gasteiger partial charge in [0.25, 0.3) is 0 Å². The Morgan fingerprint density at radius 2 is 2.00 bits per heavy atom. The maximum Gasteiger partial charge on any atom is 0.168 e. The van der Waals surface area contributed by atoms with Gasteiger partial charge < -0.3 is 5.73 Å². The lowest BCUT2D eigenvalue weighted by molar-refractivity contribution is 0.862.